The number of esters is 5. The third-order valence-corrected chi connectivity index (χ3v) is 16.1. The maximum absolute atomic E-state index is 13.7. The summed E-state index contributed by atoms with van der Waals surface area (Å²) in [6.07, 6.45) is -10.7. The lowest BCUT2D eigenvalue weighted by Crippen LogP contribution is -2.64. The normalized spacial score (nSPS) is 23.6. The number of aliphatic hydroxyl groups excluding tert-OH is 1. The van der Waals surface area contributed by atoms with E-state index >= 15 is 0 Å². The Kier molecular flexibility index (Phi) is 24.4. The van der Waals surface area contributed by atoms with Gasteiger partial charge in [0.15, 0.2) is 29.5 Å². The van der Waals surface area contributed by atoms with Gasteiger partial charge < -0.3 is 101 Å². The largest absolute Gasteiger partial charge is 0.756 e. The Balaban J connectivity index is 1.01. The van der Waals surface area contributed by atoms with E-state index in [-0.39, 0.29) is 86.7 Å². The summed E-state index contributed by atoms with van der Waals surface area (Å²) in [7, 11) is 6.14. The molecule has 92 heavy (non-hydrogen) atoms. The molecule has 5 N–H and O–H groups in total. The average molecular weight is 1310 g/mol. The number of alkyl carbamates (subject to hydrolysis) is 1. The summed E-state index contributed by atoms with van der Waals surface area (Å²) in [6, 6.07) is 23.0. The zero-order chi connectivity index (χ0) is 67.1. The number of carbonyl (C=O) groups excluding carboxylic acids is 7. The van der Waals surface area contributed by atoms with Crippen molar-refractivity contribution in [1.29, 1.82) is 0 Å². The summed E-state index contributed by atoms with van der Waals surface area (Å²) in [6.45, 7) is 3.05. The number of likely N-dealkylation sites (N-methyl/N-ethyl adjacent to an activating group) is 1. The molecule has 1 saturated heterocycles. The van der Waals surface area contributed by atoms with Crippen LogP contribution in [-0.4, -0.2) is 189 Å². The van der Waals surface area contributed by atoms with Crippen molar-refractivity contribution in [3.05, 3.63) is 107 Å². The van der Waals surface area contributed by atoms with Crippen LogP contribution in [-0.2, 0) is 93.3 Å². The van der Waals surface area contributed by atoms with Crippen LogP contribution in [0.2, 0.25) is 0 Å². The van der Waals surface area contributed by atoms with Crippen LogP contribution in [0.3, 0.4) is 0 Å². The van der Waals surface area contributed by atoms with Crippen molar-refractivity contribution in [2.45, 2.75) is 101 Å². The number of aliphatic hydroxyl groups is 2. The van der Waals surface area contributed by atoms with Crippen molar-refractivity contribution < 1.29 is 124 Å². The van der Waals surface area contributed by atoms with Gasteiger partial charge in [-0.25, -0.2) is 9.59 Å². The van der Waals surface area contributed by atoms with Crippen LogP contribution in [0.5, 0.6) is 28.7 Å². The lowest BCUT2D eigenvalue weighted by molar-refractivity contribution is -0.870. The zero-order valence-electron chi connectivity index (χ0n) is 52.7. The smallest absolute Gasteiger partial charge is 0.407 e. The van der Waals surface area contributed by atoms with Gasteiger partial charge in [-0.1, -0.05) is 48.5 Å². The number of phosphoric ester groups is 1. The fourth-order valence-electron chi connectivity index (χ4n) is 11.1. The van der Waals surface area contributed by atoms with E-state index in [0.717, 1.165) is 27.9 Å². The minimum Gasteiger partial charge on any atom is -0.756 e. The van der Waals surface area contributed by atoms with Crippen LogP contribution in [0.1, 0.15) is 68.2 Å². The van der Waals surface area contributed by atoms with E-state index in [9.17, 15) is 53.2 Å². The van der Waals surface area contributed by atoms with E-state index in [4.69, 9.17) is 65.9 Å². The fourth-order valence-corrected chi connectivity index (χ4v) is 11.8. The Morgan fingerprint density at radius 3 is 2.02 bits per heavy atom. The van der Waals surface area contributed by atoms with Crippen molar-refractivity contribution >= 4 is 55.4 Å². The molecule has 1 aliphatic carbocycles. The number of hydrogen-bond donors (Lipinski definition) is 5. The minimum absolute atomic E-state index is 0.0123. The van der Waals surface area contributed by atoms with E-state index in [1.54, 1.807) is 66.7 Å². The van der Waals surface area contributed by atoms with E-state index in [1.807, 2.05) is 21.1 Å². The van der Waals surface area contributed by atoms with Crippen LogP contribution < -0.4 is 44.5 Å². The zero-order valence-corrected chi connectivity index (χ0v) is 53.6. The van der Waals surface area contributed by atoms with Gasteiger partial charge in [-0.15, -0.1) is 0 Å². The molecule has 1 saturated carbocycles. The average Bonchev–Trinajstić information content (AvgIpc) is 1.49. The molecule has 502 valence electrons. The number of methoxy groups -OCH3 is 4. The van der Waals surface area contributed by atoms with Gasteiger partial charge in [0.05, 0.1) is 80.0 Å². The molecule has 3 aliphatic rings. The molecular formula is C62H79N4O25P. The number of nitrogens with zero attached hydrogens (tertiary/aromatic N) is 1. The highest BCUT2D eigenvalue weighted by Crippen LogP contribution is 2.70. The first-order valence-corrected chi connectivity index (χ1v) is 30.7. The number of nitrogens with one attached hydrogen (secondary N) is 3. The van der Waals surface area contributed by atoms with Gasteiger partial charge in [-0.3, -0.25) is 28.5 Å². The Morgan fingerprint density at radius 1 is 0.717 bits per heavy atom. The van der Waals surface area contributed by atoms with Crippen LogP contribution in [0, 0.1) is 5.92 Å². The number of anilines is 1. The molecule has 2 heterocycles. The second kappa shape index (κ2) is 31.5. The molecule has 2 aliphatic heterocycles. The van der Waals surface area contributed by atoms with Crippen LogP contribution in [0.15, 0.2) is 84.9 Å². The van der Waals surface area contributed by atoms with Crippen molar-refractivity contribution in [3.63, 3.8) is 0 Å². The maximum Gasteiger partial charge on any atom is 0.407 e. The van der Waals surface area contributed by atoms with E-state index < -0.39 is 110 Å². The number of hydrogen-bond acceptors (Lipinski definition) is 26. The van der Waals surface area contributed by atoms with Crippen molar-refractivity contribution in [3.8, 4) is 28.7 Å². The molecule has 2 amide bonds. The Bertz CT molecular complexity index is 3300. The summed E-state index contributed by atoms with van der Waals surface area (Å²) < 4.78 is 91.0. The fraction of sp³-hybridized carbons (Fsp3) is 0.500. The first-order chi connectivity index (χ1) is 43.7. The molecule has 11 atom stereocenters. The van der Waals surface area contributed by atoms with Crippen LogP contribution in [0.4, 0.5) is 10.5 Å². The summed E-state index contributed by atoms with van der Waals surface area (Å²) in [4.78, 5) is 103. The summed E-state index contributed by atoms with van der Waals surface area (Å²) in [5.41, 5.74) is -2.75. The first-order valence-electron chi connectivity index (χ1n) is 29.3. The Morgan fingerprint density at radius 2 is 1.38 bits per heavy atom. The van der Waals surface area contributed by atoms with Gasteiger partial charge in [-0.2, -0.15) is 0 Å². The monoisotopic (exact) mass is 1310 g/mol. The summed E-state index contributed by atoms with van der Waals surface area (Å²) in [5, 5.41) is 33.8. The van der Waals surface area contributed by atoms with Crippen molar-refractivity contribution in [2.75, 3.05) is 101 Å². The van der Waals surface area contributed by atoms with E-state index in [1.165, 1.54) is 39.5 Å². The van der Waals surface area contributed by atoms with Crippen LogP contribution in [0.25, 0.3) is 0 Å². The predicted octanol–water partition coefficient (Wildman–Crippen LogP) is 3.41. The number of fused-ring (bicyclic) bond motifs is 3. The Labute approximate surface area is 531 Å². The lowest BCUT2D eigenvalue weighted by Gasteiger charge is -2.43. The number of phosphoric acid groups is 1. The van der Waals surface area contributed by atoms with E-state index in [0.29, 0.717) is 46.3 Å². The van der Waals surface area contributed by atoms with Crippen LogP contribution >= 0.6 is 7.82 Å². The van der Waals surface area contributed by atoms with E-state index in [2.05, 4.69) is 16.0 Å². The molecule has 0 spiro atoms. The molecule has 0 radical (unpaired) electrons. The third-order valence-electron chi connectivity index (χ3n) is 15.1. The van der Waals surface area contributed by atoms with Gasteiger partial charge in [0, 0.05) is 64.9 Å². The van der Waals surface area contributed by atoms with Gasteiger partial charge in [0.2, 0.25) is 18.3 Å². The second-order valence-corrected chi connectivity index (χ2v) is 24.0. The molecule has 30 heteroatoms. The highest BCUT2D eigenvalue weighted by molar-refractivity contribution is 7.45. The molecule has 4 aromatic carbocycles. The molecule has 4 aromatic rings. The van der Waals surface area contributed by atoms with Gasteiger partial charge in [0.1, 0.15) is 54.6 Å². The quantitative estimate of drug-likeness (QED) is 0.0158. The van der Waals surface area contributed by atoms with Gasteiger partial charge >= 0.3 is 35.9 Å². The Hall–Kier alpha value is -8.12. The number of rotatable bonds is 31. The number of ether oxygens (including phenoxy) is 12. The standard InChI is InChI=1S/C62H79N4O25P/c1-36(67)86-52-53(87-37(2)68)55(88-38(3)69)59(90-54(52)58(73)81-10)89-45-23-18-39(32-44(45)65-48(70)24-26-63-27-30-84-92(76,77)85-31-28-66(4,5)6)35-83-60(74)64-25-14-15-29-82-43-33-46(79-8)51-47(34-43)91-62(41-19-21-42(78-7)22-20-41)50(40-16-12-11-13-17-40)49(57(72)80-9)56(71)61(51,62)75/h11-13,16-23,32-34,49-50,52-56,59,63,71,75H,14-15,24-31,35H2,1-10H3,(H2-,64,65,70,74,76,77)/t49-,50-,52+,53+,54+,55-,56-,59-,61+,62+/m1/s1. The second-order valence-electron chi connectivity index (χ2n) is 22.6. The number of benzene rings is 4. The van der Waals surface area contributed by atoms with Gasteiger partial charge in [0.25, 0.3) is 7.82 Å². The molecule has 1 unspecified atom stereocenters. The predicted molar refractivity (Wildman–Crippen MR) is 319 cm³/mol. The maximum atomic E-state index is 13.7. The SMILES string of the molecule is COC(=O)[C@H]1[C@@H](O)[C@@]2(O)c3c(OC)cc(OCCCCNC(=O)OCc4ccc(O[C@@H]5O[C@H](C(=O)OC)[C@@H](OC(C)=O)[C@H](OC(C)=O)[C@H]5OC(C)=O)c(NC(=O)CCNCCOP(=O)([O-])OCC[N+](C)(C)C)c4)cc3O[C@@]2(c2ccc(OC)cc2)[C@@H]1c1ccccc1. The first kappa shape index (κ1) is 71.3. The minimum atomic E-state index is -4.60. The molecule has 29 nitrogen and oxygen atoms in total. The number of unbranched alkanes of at least 4 members (excludes halogenated alkanes) is 1. The summed E-state index contributed by atoms with van der Waals surface area (Å²) in [5.74, 6) is -6.66. The molecule has 0 aromatic heterocycles. The highest BCUT2D eigenvalue weighted by Gasteiger charge is 2.78. The molecule has 0 bridgehead atoms. The lowest BCUT2D eigenvalue weighted by atomic mass is 9.70. The summed E-state index contributed by atoms with van der Waals surface area (Å²) >= 11 is 0. The number of amides is 2. The number of carbonyl (C=O) groups is 7. The third kappa shape index (κ3) is 17.1. The highest BCUT2D eigenvalue weighted by atomic mass is 31.2. The number of quaternary nitrogens is 1. The molecule has 7 rings (SSSR count). The van der Waals surface area contributed by atoms with Crippen molar-refractivity contribution in [1.82, 2.24) is 10.6 Å². The molecule has 2 fully saturated rings. The van der Waals surface area contributed by atoms with Crippen molar-refractivity contribution in [2.24, 2.45) is 5.92 Å². The molecular weight excluding hydrogens is 1230 g/mol. The van der Waals surface area contributed by atoms with Gasteiger partial charge in [-0.05, 0) is 53.8 Å². The topological polar surface area (TPSA) is 365 Å².